The van der Waals surface area contributed by atoms with Gasteiger partial charge in [0.25, 0.3) is 0 Å². The minimum atomic E-state index is -0.859. The average molecular weight is 570 g/mol. The molecule has 3 saturated heterocycles. The van der Waals surface area contributed by atoms with Crippen LogP contribution in [-0.2, 0) is 20.8 Å². The number of para-hydroxylation sites is 1. The van der Waals surface area contributed by atoms with Crippen molar-refractivity contribution in [2.75, 3.05) is 18.5 Å². The highest BCUT2D eigenvalue weighted by atomic mass is 35.5. The van der Waals surface area contributed by atoms with Crippen molar-refractivity contribution >= 4 is 46.8 Å². The lowest BCUT2D eigenvalue weighted by atomic mass is 9.66. The fourth-order valence-electron chi connectivity index (χ4n) is 6.93. The van der Waals surface area contributed by atoms with E-state index in [1.54, 1.807) is 22.7 Å². The van der Waals surface area contributed by atoms with E-state index in [1.165, 1.54) is 0 Å². The first kappa shape index (κ1) is 28.0. The number of carbonyl (C=O) groups is 3. The number of aryl methyl sites for hydroxylation is 1. The van der Waals surface area contributed by atoms with Crippen molar-refractivity contribution in [1.82, 2.24) is 10.2 Å². The van der Waals surface area contributed by atoms with Crippen LogP contribution in [0.5, 0.6) is 0 Å². The maximum absolute atomic E-state index is 14.4. The number of halogens is 1. The molecule has 2 aromatic carbocycles. The maximum atomic E-state index is 14.4. The smallest absolute Gasteiger partial charge is 0.248 e. The number of aliphatic hydroxyl groups excluding tert-OH is 1. The van der Waals surface area contributed by atoms with Crippen molar-refractivity contribution < 1.29 is 19.5 Å². The number of anilines is 1. The molecule has 2 bridgehead atoms. The minimum absolute atomic E-state index is 0.127. The summed E-state index contributed by atoms with van der Waals surface area (Å²) in [7, 11) is 0. The van der Waals surface area contributed by atoms with Gasteiger partial charge in [0.05, 0.1) is 39.9 Å². The zero-order valence-electron chi connectivity index (χ0n) is 22.6. The predicted molar refractivity (Wildman–Crippen MR) is 155 cm³/mol. The number of nitrogens with zero attached hydrogens (tertiary/aromatic N) is 1. The number of thioether (sulfide) groups is 1. The Balaban J connectivity index is 1.58. The number of carbonyl (C=O) groups excluding carboxylic acids is 3. The number of aliphatic hydroxyl groups is 1. The zero-order chi connectivity index (χ0) is 27.9. The Hall–Kier alpha value is -2.55. The van der Waals surface area contributed by atoms with E-state index in [2.05, 4.69) is 17.6 Å². The van der Waals surface area contributed by atoms with Crippen molar-refractivity contribution in [3.05, 3.63) is 64.7 Å². The van der Waals surface area contributed by atoms with Crippen LogP contribution < -0.4 is 10.6 Å². The number of hydrogen-bond donors (Lipinski definition) is 3. The molecule has 1 spiro atoms. The van der Waals surface area contributed by atoms with Gasteiger partial charge < -0.3 is 20.6 Å². The summed E-state index contributed by atoms with van der Waals surface area (Å²) in [6.45, 7) is 6.16. The van der Waals surface area contributed by atoms with Crippen molar-refractivity contribution in [1.29, 1.82) is 0 Å². The van der Waals surface area contributed by atoms with Gasteiger partial charge in [-0.2, -0.15) is 0 Å². The molecule has 208 valence electrons. The lowest BCUT2D eigenvalue weighted by Crippen LogP contribution is -2.55. The van der Waals surface area contributed by atoms with Gasteiger partial charge in [0.2, 0.25) is 17.7 Å². The largest absolute Gasteiger partial charge is 0.394 e. The molecule has 2 aromatic rings. The number of amides is 3. The summed E-state index contributed by atoms with van der Waals surface area (Å²) in [5.41, 5.74) is 2.29. The number of likely N-dealkylation sites (tertiary alicyclic amines) is 1. The summed E-state index contributed by atoms with van der Waals surface area (Å²) in [6, 6.07) is 13.6. The zero-order valence-corrected chi connectivity index (χ0v) is 24.1. The maximum Gasteiger partial charge on any atom is 0.248 e. The van der Waals surface area contributed by atoms with E-state index in [-0.39, 0.29) is 24.3 Å². The number of benzene rings is 2. The summed E-state index contributed by atoms with van der Waals surface area (Å²) in [5, 5.41) is 17.1. The highest BCUT2D eigenvalue weighted by Crippen LogP contribution is 2.71. The SMILES string of the molecule is CCCNC(=O)[C@H]1[C@H]2C(=O)N([C@@H](CO)Cc3ccccc3)C(C(=O)Nc3c(C)cccc3Cl)C23CC[C@]1(C)S3. The van der Waals surface area contributed by atoms with Gasteiger partial charge in [0.15, 0.2) is 0 Å². The second-order valence-corrected chi connectivity index (χ2v) is 13.5. The molecule has 2 unspecified atom stereocenters. The third-order valence-electron chi connectivity index (χ3n) is 8.68. The molecule has 3 amide bonds. The first-order valence-corrected chi connectivity index (χ1v) is 14.9. The fourth-order valence-corrected chi connectivity index (χ4v) is 9.55. The van der Waals surface area contributed by atoms with Crippen LogP contribution in [0.4, 0.5) is 5.69 Å². The molecular formula is C30H36ClN3O4S. The van der Waals surface area contributed by atoms with E-state index in [1.807, 2.05) is 56.3 Å². The molecule has 3 heterocycles. The van der Waals surface area contributed by atoms with Gasteiger partial charge in [-0.25, -0.2) is 0 Å². The van der Waals surface area contributed by atoms with Crippen LogP contribution in [0.25, 0.3) is 0 Å². The van der Waals surface area contributed by atoms with Gasteiger partial charge in [-0.1, -0.05) is 61.0 Å². The standard InChI is InChI=1S/C30H36ClN3O4S/c1-4-15-32-26(36)22-23-28(38)34(20(17-35)16-19-10-6-5-7-11-19)25(30(23)14-13-29(22,3)39-30)27(37)33-24-18(2)9-8-12-21(24)31/h5-12,20,22-23,25,35H,4,13-17H2,1-3H3,(H,32,36)(H,33,37)/t20-,22-,23+,25?,29+,30?/m1/s1. The summed E-state index contributed by atoms with van der Waals surface area (Å²) >= 11 is 8.09. The summed E-state index contributed by atoms with van der Waals surface area (Å²) < 4.78 is -1.22. The summed E-state index contributed by atoms with van der Waals surface area (Å²) in [5.74, 6) is -1.88. The first-order chi connectivity index (χ1) is 18.7. The van der Waals surface area contributed by atoms with Gasteiger partial charge in [0, 0.05) is 11.3 Å². The molecule has 3 N–H and O–H groups in total. The normalized spacial score (nSPS) is 29.8. The number of nitrogens with one attached hydrogen (secondary N) is 2. The van der Waals surface area contributed by atoms with Gasteiger partial charge in [-0.15, -0.1) is 11.8 Å². The van der Waals surface area contributed by atoms with Crippen LogP contribution >= 0.6 is 23.4 Å². The monoisotopic (exact) mass is 569 g/mol. The fraction of sp³-hybridized carbons (Fsp3) is 0.500. The number of rotatable bonds is 9. The highest BCUT2D eigenvalue weighted by molar-refractivity contribution is 8.02. The first-order valence-electron chi connectivity index (χ1n) is 13.7. The molecule has 0 aliphatic carbocycles. The Bertz CT molecular complexity index is 1260. The highest BCUT2D eigenvalue weighted by Gasteiger charge is 2.77. The molecule has 0 radical (unpaired) electrons. The van der Waals surface area contributed by atoms with Crippen LogP contribution in [0.2, 0.25) is 5.02 Å². The summed E-state index contributed by atoms with van der Waals surface area (Å²) in [4.78, 5) is 43.8. The van der Waals surface area contributed by atoms with Gasteiger partial charge in [0.1, 0.15) is 6.04 Å². The predicted octanol–water partition coefficient (Wildman–Crippen LogP) is 4.20. The van der Waals surface area contributed by atoms with E-state index in [9.17, 15) is 19.5 Å². The molecule has 5 rings (SSSR count). The topological polar surface area (TPSA) is 98.7 Å². The lowest BCUT2D eigenvalue weighted by molar-refractivity contribution is -0.142. The Labute approximate surface area is 239 Å². The Morgan fingerprint density at radius 1 is 1.15 bits per heavy atom. The quantitative estimate of drug-likeness (QED) is 0.420. The van der Waals surface area contributed by atoms with Crippen molar-refractivity contribution in [2.45, 2.75) is 68.0 Å². The van der Waals surface area contributed by atoms with E-state index in [4.69, 9.17) is 11.6 Å². The van der Waals surface area contributed by atoms with Gasteiger partial charge in [-0.05, 0) is 56.7 Å². The van der Waals surface area contributed by atoms with Crippen molar-refractivity contribution in [2.24, 2.45) is 11.8 Å². The van der Waals surface area contributed by atoms with Gasteiger partial charge in [-0.3, -0.25) is 14.4 Å². The molecule has 3 aliphatic heterocycles. The van der Waals surface area contributed by atoms with E-state index in [0.717, 1.165) is 24.0 Å². The number of hydrogen-bond acceptors (Lipinski definition) is 5. The van der Waals surface area contributed by atoms with Crippen LogP contribution in [0, 0.1) is 18.8 Å². The molecule has 0 aromatic heterocycles. The molecule has 3 fully saturated rings. The molecule has 0 saturated carbocycles. The van der Waals surface area contributed by atoms with Gasteiger partial charge >= 0.3 is 0 Å². The molecule has 7 nitrogen and oxygen atoms in total. The summed E-state index contributed by atoms with van der Waals surface area (Å²) in [6.07, 6.45) is 2.57. The van der Waals surface area contributed by atoms with Crippen LogP contribution in [0.1, 0.15) is 44.2 Å². The second-order valence-electron chi connectivity index (χ2n) is 11.2. The Morgan fingerprint density at radius 3 is 2.56 bits per heavy atom. The molecule has 6 atom stereocenters. The van der Waals surface area contributed by atoms with Crippen LogP contribution in [0.3, 0.4) is 0 Å². The lowest BCUT2D eigenvalue weighted by Gasteiger charge is -2.37. The van der Waals surface area contributed by atoms with Crippen LogP contribution in [0.15, 0.2) is 48.5 Å². The van der Waals surface area contributed by atoms with E-state index in [0.29, 0.717) is 30.1 Å². The molecule has 9 heteroatoms. The molecule has 3 aliphatic rings. The van der Waals surface area contributed by atoms with E-state index < -0.39 is 33.4 Å². The van der Waals surface area contributed by atoms with Crippen molar-refractivity contribution in [3.8, 4) is 0 Å². The third-order valence-corrected chi connectivity index (χ3v) is 11.0. The average Bonchev–Trinajstić information content (AvgIpc) is 3.49. The third kappa shape index (κ3) is 4.64. The number of fused-ring (bicyclic) bond motifs is 1. The molecular weight excluding hydrogens is 534 g/mol. The second kappa shape index (κ2) is 10.8. The van der Waals surface area contributed by atoms with Crippen molar-refractivity contribution in [3.63, 3.8) is 0 Å². The van der Waals surface area contributed by atoms with Crippen LogP contribution in [-0.4, -0.2) is 62.5 Å². The Morgan fingerprint density at radius 2 is 1.90 bits per heavy atom. The molecule has 39 heavy (non-hydrogen) atoms. The minimum Gasteiger partial charge on any atom is -0.394 e. The van der Waals surface area contributed by atoms with E-state index >= 15 is 0 Å². The Kier molecular flexibility index (Phi) is 7.74.